The van der Waals surface area contributed by atoms with Crippen LogP contribution < -0.4 is 25.1 Å². The largest absolute Gasteiger partial charge is 0.497 e. The van der Waals surface area contributed by atoms with Gasteiger partial charge in [0, 0.05) is 18.3 Å². The smallest absolute Gasteiger partial charge is 0.257 e. The number of anilines is 1. The van der Waals surface area contributed by atoms with Crippen LogP contribution in [0.25, 0.3) is 0 Å². The highest BCUT2D eigenvalue weighted by molar-refractivity contribution is 6.04. The summed E-state index contributed by atoms with van der Waals surface area (Å²) in [5.41, 5.74) is 1.55. The van der Waals surface area contributed by atoms with Gasteiger partial charge in [0.15, 0.2) is 0 Å². The summed E-state index contributed by atoms with van der Waals surface area (Å²) in [4.78, 5) is 25.0. The van der Waals surface area contributed by atoms with Crippen molar-refractivity contribution < 1.29 is 19.0 Å². The number of methoxy groups -OCH3 is 3. The molecule has 0 bridgehead atoms. The van der Waals surface area contributed by atoms with Crippen LogP contribution >= 0.6 is 0 Å². The number of rotatable bonds is 7. The number of hydrogen-bond acceptors (Lipinski definition) is 5. The predicted molar refractivity (Wildman–Crippen MR) is 110 cm³/mol. The Kier molecular flexibility index (Phi) is 6.19. The highest BCUT2D eigenvalue weighted by Crippen LogP contribution is 2.29. The monoisotopic (exact) mass is 394 g/mol. The first-order chi connectivity index (χ1) is 14.0. The second-order valence-electron chi connectivity index (χ2n) is 6.25. The molecule has 0 saturated heterocycles. The Morgan fingerprint density at radius 1 is 0.897 bits per heavy atom. The standard InChI is InChI=1S/C22H22N2O5/c1-27-17-7-4-15(5-8-17)13-24-14-16(6-11-21(24)25)22(26)23-19-12-18(28-2)9-10-20(19)29-3/h4-12,14H,13H2,1-3H3,(H,23,26). The summed E-state index contributed by atoms with van der Waals surface area (Å²) < 4.78 is 17.1. The summed E-state index contributed by atoms with van der Waals surface area (Å²) in [7, 11) is 4.66. The topological polar surface area (TPSA) is 78.8 Å². The van der Waals surface area contributed by atoms with Gasteiger partial charge in [-0.1, -0.05) is 12.1 Å². The summed E-state index contributed by atoms with van der Waals surface area (Å²) in [5.74, 6) is 1.47. The molecule has 0 aliphatic carbocycles. The van der Waals surface area contributed by atoms with Crippen molar-refractivity contribution in [1.82, 2.24) is 4.57 Å². The van der Waals surface area contributed by atoms with Gasteiger partial charge >= 0.3 is 0 Å². The number of benzene rings is 2. The fourth-order valence-corrected chi connectivity index (χ4v) is 2.82. The van der Waals surface area contributed by atoms with Gasteiger partial charge in [-0.2, -0.15) is 0 Å². The molecule has 7 nitrogen and oxygen atoms in total. The fourth-order valence-electron chi connectivity index (χ4n) is 2.82. The summed E-state index contributed by atoms with van der Waals surface area (Å²) in [5, 5.41) is 2.80. The van der Waals surface area contributed by atoms with Crippen LogP contribution in [0, 0.1) is 0 Å². The van der Waals surface area contributed by atoms with Gasteiger partial charge in [-0.25, -0.2) is 0 Å². The second kappa shape index (κ2) is 8.97. The third-order valence-corrected chi connectivity index (χ3v) is 4.41. The molecule has 29 heavy (non-hydrogen) atoms. The minimum absolute atomic E-state index is 0.198. The second-order valence-corrected chi connectivity index (χ2v) is 6.25. The zero-order valence-corrected chi connectivity index (χ0v) is 16.5. The molecule has 3 aromatic rings. The summed E-state index contributed by atoms with van der Waals surface area (Å²) in [6.07, 6.45) is 1.54. The maximum atomic E-state index is 12.7. The first kappa shape index (κ1) is 20.0. The van der Waals surface area contributed by atoms with Crippen LogP contribution in [0.15, 0.2) is 65.6 Å². The van der Waals surface area contributed by atoms with E-state index < -0.39 is 0 Å². The molecule has 0 atom stereocenters. The number of ether oxygens (including phenoxy) is 3. The maximum Gasteiger partial charge on any atom is 0.257 e. The average Bonchev–Trinajstić information content (AvgIpc) is 2.75. The lowest BCUT2D eigenvalue weighted by molar-refractivity contribution is 0.102. The molecule has 0 unspecified atom stereocenters. The van der Waals surface area contributed by atoms with Crippen LogP contribution in [0.2, 0.25) is 0 Å². The highest BCUT2D eigenvalue weighted by atomic mass is 16.5. The first-order valence-corrected chi connectivity index (χ1v) is 8.91. The van der Waals surface area contributed by atoms with Gasteiger partial charge in [-0.15, -0.1) is 0 Å². The van der Waals surface area contributed by atoms with Gasteiger partial charge in [0.1, 0.15) is 17.2 Å². The zero-order chi connectivity index (χ0) is 20.8. The number of nitrogens with zero attached hydrogens (tertiary/aromatic N) is 1. The Bertz CT molecular complexity index is 1060. The van der Waals surface area contributed by atoms with Crippen molar-refractivity contribution in [2.45, 2.75) is 6.54 Å². The molecule has 0 aliphatic heterocycles. The Morgan fingerprint density at radius 3 is 2.24 bits per heavy atom. The Balaban J connectivity index is 1.83. The molecule has 0 spiro atoms. The van der Waals surface area contributed by atoms with Gasteiger partial charge in [-0.05, 0) is 35.9 Å². The number of carbonyl (C=O) groups is 1. The highest BCUT2D eigenvalue weighted by Gasteiger charge is 2.12. The number of hydrogen-bond donors (Lipinski definition) is 1. The third kappa shape index (κ3) is 4.76. The van der Waals surface area contributed by atoms with Crippen LogP contribution in [0.4, 0.5) is 5.69 Å². The van der Waals surface area contributed by atoms with Gasteiger partial charge in [0.25, 0.3) is 11.5 Å². The van der Waals surface area contributed by atoms with Crippen molar-refractivity contribution >= 4 is 11.6 Å². The normalized spacial score (nSPS) is 10.3. The minimum Gasteiger partial charge on any atom is -0.497 e. The van der Waals surface area contributed by atoms with Crippen LogP contribution in [0.1, 0.15) is 15.9 Å². The van der Waals surface area contributed by atoms with Crippen molar-refractivity contribution in [2.75, 3.05) is 26.6 Å². The molecule has 2 aromatic carbocycles. The Morgan fingerprint density at radius 2 is 1.59 bits per heavy atom. The molecule has 1 amide bonds. The molecular formula is C22H22N2O5. The van der Waals surface area contributed by atoms with Crippen LogP contribution in [0.3, 0.4) is 0 Å². The van der Waals surface area contributed by atoms with E-state index in [1.165, 1.54) is 30.0 Å². The number of aromatic nitrogens is 1. The van der Waals surface area contributed by atoms with Crippen LogP contribution in [-0.4, -0.2) is 31.8 Å². The van der Waals surface area contributed by atoms with Crippen LogP contribution in [0.5, 0.6) is 17.2 Å². The lowest BCUT2D eigenvalue weighted by Gasteiger charge is -2.13. The molecule has 0 aliphatic rings. The van der Waals surface area contributed by atoms with Crippen molar-refractivity contribution in [2.24, 2.45) is 0 Å². The predicted octanol–water partition coefficient (Wildman–Crippen LogP) is 3.17. The molecule has 3 rings (SSSR count). The molecule has 1 N–H and O–H groups in total. The molecule has 1 heterocycles. The van der Waals surface area contributed by atoms with Gasteiger partial charge in [-0.3, -0.25) is 9.59 Å². The number of carbonyl (C=O) groups excluding carboxylic acids is 1. The number of nitrogens with one attached hydrogen (secondary N) is 1. The van der Waals surface area contributed by atoms with Crippen molar-refractivity contribution in [3.05, 3.63) is 82.3 Å². The van der Waals surface area contributed by atoms with E-state index in [1.54, 1.807) is 32.4 Å². The van der Waals surface area contributed by atoms with Crippen molar-refractivity contribution in [3.8, 4) is 17.2 Å². The summed E-state index contributed by atoms with van der Waals surface area (Å²) in [6.45, 7) is 0.340. The SMILES string of the molecule is COc1ccc(Cn2cc(C(=O)Nc3cc(OC)ccc3OC)ccc2=O)cc1. The lowest BCUT2D eigenvalue weighted by atomic mass is 10.2. The Labute approximate surface area is 168 Å². The molecule has 0 fully saturated rings. The number of amides is 1. The molecule has 0 radical (unpaired) electrons. The lowest BCUT2D eigenvalue weighted by Crippen LogP contribution is -2.22. The van der Waals surface area contributed by atoms with Gasteiger partial charge in [0.05, 0.1) is 39.1 Å². The summed E-state index contributed by atoms with van der Waals surface area (Å²) >= 11 is 0. The molecule has 0 saturated carbocycles. The summed E-state index contributed by atoms with van der Waals surface area (Å²) in [6, 6.07) is 15.4. The molecule has 7 heteroatoms. The van der Waals surface area contributed by atoms with E-state index in [0.29, 0.717) is 29.3 Å². The van der Waals surface area contributed by atoms with Crippen LogP contribution in [-0.2, 0) is 6.54 Å². The van der Waals surface area contributed by atoms with E-state index in [-0.39, 0.29) is 11.5 Å². The van der Waals surface area contributed by atoms with Gasteiger partial charge in [0.2, 0.25) is 0 Å². The first-order valence-electron chi connectivity index (χ1n) is 8.91. The van der Waals surface area contributed by atoms with E-state index in [2.05, 4.69) is 5.32 Å². The van der Waals surface area contributed by atoms with E-state index in [4.69, 9.17) is 14.2 Å². The van der Waals surface area contributed by atoms with E-state index in [0.717, 1.165) is 11.3 Å². The molecule has 1 aromatic heterocycles. The van der Waals surface area contributed by atoms with Crippen molar-refractivity contribution in [3.63, 3.8) is 0 Å². The van der Waals surface area contributed by atoms with E-state index in [9.17, 15) is 9.59 Å². The minimum atomic E-state index is -0.361. The fraction of sp³-hybridized carbons (Fsp3) is 0.182. The molecular weight excluding hydrogens is 372 g/mol. The maximum absolute atomic E-state index is 12.7. The average molecular weight is 394 g/mol. The van der Waals surface area contributed by atoms with Crippen molar-refractivity contribution in [1.29, 1.82) is 0 Å². The number of pyridine rings is 1. The molecule has 150 valence electrons. The quantitative estimate of drug-likeness (QED) is 0.666. The van der Waals surface area contributed by atoms with E-state index in [1.807, 2.05) is 24.3 Å². The van der Waals surface area contributed by atoms with Gasteiger partial charge < -0.3 is 24.1 Å². The zero-order valence-electron chi connectivity index (χ0n) is 16.5. The Hall–Kier alpha value is -3.74. The van der Waals surface area contributed by atoms with E-state index >= 15 is 0 Å². The third-order valence-electron chi connectivity index (χ3n) is 4.41.